The van der Waals surface area contributed by atoms with E-state index in [4.69, 9.17) is 19.9 Å². The van der Waals surface area contributed by atoms with Gasteiger partial charge in [0.15, 0.2) is 0 Å². The van der Waals surface area contributed by atoms with E-state index in [1.807, 2.05) is 6.92 Å². The predicted octanol–water partition coefficient (Wildman–Crippen LogP) is 5.85. The van der Waals surface area contributed by atoms with Crippen molar-refractivity contribution in [3.63, 3.8) is 0 Å². The maximum atomic E-state index is 15.1. The molecule has 0 fully saturated rings. The van der Waals surface area contributed by atoms with E-state index in [9.17, 15) is 32.3 Å². The fourth-order valence-corrected chi connectivity index (χ4v) is 5.55. The van der Waals surface area contributed by atoms with Crippen LogP contribution in [0.2, 0.25) is 0 Å². The number of nitrogens with two attached hydrogens (primary N) is 1. The Morgan fingerprint density at radius 3 is 2.39 bits per heavy atom. The minimum Gasteiger partial charge on any atom is -0.494 e. The molecule has 5 rings (SSSR count). The Morgan fingerprint density at radius 2 is 1.78 bits per heavy atom. The van der Waals surface area contributed by atoms with E-state index in [-0.39, 0.29) is 57.4 Å². The maximum Gasteiger partial charge on any atom is 0.424 e. The SMILES string of the molecule is CCC1(C)COc2c1cc(C(O)(CNC(=O)c1cc(OC)c3nc(COC(=O)[C@H](N)C(C)C)c(F)cc3c1)C(F)(F)F)nc2-c1ccc(F)cc1. The Morgan fingerprint density at radius 1 is 1.10 bits per heavy atom. The lowest BCUT2D eigenvalue weighted by Crippen LogP contribution is -2.51. The molecule has 1 aliphatic heterocycles. The molecule has 272 valence electrons. The number of hydrogen-bond donors (Lipinski definition) is 3. The van der Waals surface area contributed by atoms with E-state index < -0.39 is 65.6 Å². The number of aromatic nitrogens is 2. The number of pyridine rings is 2. The molecule has 3 atom stereocenters. The number of esters is 1. The number of benzene rings is 2. The molecule has 0 spiro atoms. The number of nitrogens with one attached hydrogen (secondary N) is 1. The second-order valence-electron chi connectivity index (χ2n) is 13.0. The van der Waals surface area contributed by atoms with Crippen molar-refractivity contribution in [2.75, 3.05) is 20.3 Å². The smallest absolute Gasteiger partial charge is 0.424 e. The van der Waals surface area contributed by atoms with E-state index in [2.05, 4.69) is 15.3 Å². The number of carbonyl (C=O) groups excluding carboxylic acids is 2. The Hall–Kier alpha value is -4.89. The summed E-state index contributed by atoms with van der Waals surface area (Å²) in [7, 11) is 1.25. The molecule has 1 amide bonds. The van der Waals surface area contributed by atoms with Gasteiger partial charge in [-0.15, -0.1) is 0 Å². The van der Waals surface area contributed by atoms with E-state index in [1.54, 1.807) is 20.8 Å². The Labute approximate surface area is 290 Å². The van der Waals surface area contributed by atoms with Gasteiger partial charge in [-0.1, -0.05) is 27.7 Å². The number of rotatable bonds is 11. The molecule has 51 heavy (non-hydrogen) atoms. The number of methoxy groups -OCH3 is 1. The molecular weight excluding hydrogens is 679 g/mol. The van der Waals surface area contributed by atoms with Crippen LogP contribution in [0.1, 0.15) is 61.4 Å². The van der Waals surface area contributed by atoms with Crippen molar-refractivity contribution >= 4 is 22.8 Å². The van der Waals surface area contributed by atoms with Crippen LogP contribution in [0.25, 0.3) is 22.2 Å². The van der Waals surface area contributed by atoms with Crippen LogP contribution in [-0.2, 0) is 27.2 Å². The van der Waals surface area contributed by atoms with Gasteiger partial charge >= 0.3 is 12.1 Å². The molecule has 0 aliphatic carbocycles. The molecule has 3 heterocycles. The van der Waals surface area contributed by atoms with Crippen molar-refractivity contribution in [2.45, 2.75) is 64.0 Å². The highest BCUT2D eigenvalue weighted by Crippen LogP contribution is 2.48. The number of aliphatic hydroxyl groups is 1. The van der Waals surface area contributed by atoms with Gasteiger partial charge in [-0.2, -0.15) is 13.2 Å². The van der Waals surface area contributed by atoms with Crippen LogP contribution in [0.3, 0.4) is 0 Å². The molecule has 4 N–H and O–H groups in total. The van der Waals surface area contributed by atoms with Crippen molar-refractivity contribution in [3.05, 3.63) is 82.7 Å². The summed E-state index contributed by atoms with van der Waals surface area (Å²) in [5.41, 5.74) is 0.760. The minimum absolute atomic E-state index is 0.0284. The normalized spacial score (nSPS) is 17.4. The second kappa shape index (κ2) is 14.0. The minimum atomic E-state index is -5.34. The molecular formula is C36H37F5N4O6. The molecule has 2 unspecified atom stereocenters. The van der Waals surface area contributed by atoms with Crippen LogP contribution in [0, 0.1) is 17.6 Å². The van der Waals surface area contributed by atoms with Gasteiger partial charge in [0.05, 0.1) is 26.0 Å². The van der Waals surface area contributed by atoms with E-state index in [0.29, 0.717) is 12.0 Å². The highest BCUT2D eigenvalue weighted by molar-refractivity contribution is 6.00. The lowest BCUT2D eigenvalue weighted by atomic mass is 9.80. The predicted molar refractivity (Wildman–Crippen MR) is 176 cm³/mol. The number of alkyl halides is 3. The first kappa shape index (κ1) is 37.4. The third-order valence-electron chi connectivity index (χ3n) is 9.19. The zero-order valence-electron chi connectivity index (χ0n) is 28.5. The molecule has 0 saturated heterocycles. The van der Waals surface area contributed by atoms with Gasteiger partial charge in [-0.25, -0.2) is 18.7 Å². The first-order valence-electron chi connectivity index (χ1n) is 16.0. The van der Waals surface area contributed by atoms with Crippen LogP contribution in [0.4, 0.5) is 22.0 Å². The summed E-state index contributed by atoms with van der Waals surface area (Å²) in [6, 6.07) is 8.49. The Bertz CT molecular complexity index is 1970. The van der Waals surface area contributed by atoms with E-state index in [1.165, 1.54) is 31.4 Å². The van der Waals surface area contributed by atoms with Crippen molar-refractivity contribution in [1.82, 2.24) is 15.3 Å². The van der Waals surface area contributed by atoms with Crippen molar-refractivity contribution < 1.29 is 50.9 Å². The number of carbonyl (C=O) groups is 2. The van der Waals surface area contributed by atoms with Gasteiger partial charge in [-0.3, -0.25) is 9.59 Å². The third kappa shape index (κ3) is 7.17. The maximum absolute atomic E-state index is 15.1. The van der Waals surface area contributed by atoms with Crippen molar-refractivity contribution in [2.24, 2.45) is 11.7 Å². The molecule has 0 bridgehead atoms. The van der Waals surface area contributed by atoms with Gasteiger partial charge in [-0.05, 0) is 60.9 Å². The summed E-state index contributed by atoms with van der Waals surface area (Å²) in [5, 5.41) is 13.6. The van der Waals surface area contributed by atoms with Gasteiger partial charge in [0.2, 0.25) is 5.60 Å². The van der Waals surface area contributed by atoms with Crippen LogP contribution in [0.15, 0.2) is 48.5 Å². The standard InChI is InChI=1S/C36H37F5N4O6/c1-6-34(4)17-51-31-23(34)14-27(45-30(31)19-7-9-22(37)10-8-19)35(48,36(39,40)41)16-43-32(46)21-11-20-12-24(38)25(44-29(20)26(13-21)49-5)15-50-33(47)28(42)18(2)3/h7-14,18,28,48H,6,15-17,42H2,1-5H3,(H,43,46)/t28-,34?,35?/m1/s1. The monoisotopic (exact) mass is 716 g/mol. The second-order valence-corrected chi connectivity index (χ2v) is 13.0. The van der Waals surface area contributed by atoms with E-state index in [0.717, 1.165) is 24.3 Å². The first-order valence-corrected chi connectivity index (χ1v) is 16.0. The van der Waals surface area contributed by atoms with E-state index >= 15 is 4.39 Å². The number of ether oxygens (including phenoxy) is 3. The highest BCUT2D eigenvalue weighted by Gasteiger charge is 2.57. The fourth-order valence-electron chi connectivity index (χ4n) is 5.55. The van der Waals surface area contributed by atoms with Gasteiger partial charge in [0, 0.05) is 27.5 Å². The molecule has 15 heteroatoms. The first-order chi connectivity index (χ1) is 23.9. The Balaban J connectivity index is 1.48. The van der Waals surface area contributed by atoms with Crippen molar-refractivity contribution in [1.29, 1.82) is 0 Å². The summed E-state index contributed by atoms with van der Waals surface area (Å²) >= 11 is 0. The van der Waals surface area contributed by atoms with Gasteiger partial charge in [0.25, 0.3) is 5.91 Å². The number of fused-ring (bicyclic) bond motifs is 2. The molecule has 0 saturated carbocycles. The number of amides is 1. The summed E-state index contributed by atoms with van der Waals surface area (Å²) in [5.74, 6) is -3.30. The quantitative estimate of drug-likeness (QED) is 0.129. The molecule has 2 aromatic carbocycles. The van der Waals surface area contributed by atoms with Crippen LogP contribution in [0.5, 0.6) is 11.5 Å². The van der Waals surface area contributed by atoms with Crippen molar-refractivity contribution in [3.8, 4) is 22.8 Å². The van der Waals surface area contributed by atoms with Crippen LogP contribution < -0.4 is 20.5 Å². The number of nitrogens with zero attached hydrogens (tertiary/aromatic N) is 2. The summed E-state index contributed by atoms with van der Waals surface area (Å²) in [6.07, 6.45) is -4.86. The summed E-state index contributed by atoms with van der Waals surface area (Å²) in [6.45, 7) is 5.32. The van der Waals surface area contributed by atoms with Gasteiger partial charge < -0.3 is 30.4 Å². The summed E-state index contributed by atoms with van der Waals surface area (Å²) < 4.78 is 89.6. The van der Waals surface area contributed by atoms with Crippen LogP contribution in [-0.4, -0.2) is 59.4 Å². The number of hydrogen-bond acceptors (Lipinski definition) is 9. The zero-order valence-corrected chi connectivity index (χ0v) is 28.5. The molecule has 10 nitrogen and oxygen atoms in total. The molecule has 0 radical (unpaired) electrons. The Kier molecular flexibility index (Phi) is 10.3. The molecule has 4 aromatic rings. The highest BCUT2D eigenvalue weighted by atomic mass is 19.4. The molecule has 2 aromatic heterocycles. The lowest BCUT2D eigenvalue weighted by Gasteiger charge is -2.31. The topological polar surface area (TPSA) is 146 Å². The van der Waals surface area contributed by atoms with Gasteiger partial charge in [0.1, 0.15) is 52.7 Å². The zero-order chi connectivity index (χ0) is 37.5. The molecule has 1 aliphatic rings. The summed E-state index contributed by atoms with van der Waals surface area (Å²) in [4.78, 5) is 33.9. The average molecular weight is 717 g/mol. The fraction of sp³-hybridized carbons (Fsp3) is 0.389. The van der Waals surface area contributed by atoms with Crippen LogP contribution >= 0.6 is 0 Å². The lowest BCUT2D eigenvalue weighted by molar-refractivity contribution is -0.265. The number of halogens is 5. The average Bonchev–Trinajstić information content (AvgIpc) is 3.44. The third-order valence-corrected chi connectivity index (χ3v) is 9.19. The largest absolute Gasteiger partial charge is 0.494 e.